The number of carbonyl (C=O) groups is 2. The fourth-order valence-electron chi connectivity index (χ4n) is 5.17. The van der Waals surface area contributed by atoms with E-state index in [1.807, 2.05) is 30.9 Å². The second kappa shape index (κ2) is 12.2. The SMILES string of the molecule is CCCON(CCC)C(=O)CN1C[C@H](c2ccc3c(c2)OCO3)[C@@H](C(=O)O)[C@@H]1CCn1ccccc1=O. The van der Waals surface area contributed by atoms with Gasteiger partial charge in [0, 0.05) is 43.9 Å². The Morgan fingerprint density at radius 1 is 1.14 bits per heavy atom. The molecule has 0 bridgehead atoms. The van der Waals surface area contributed by atoms with Crippen LogP contribution in [-0.2, 0) is 21.0 Å². The molecule has 1 saturated heterocycles. The Balaban J connectivity index is 1.61. The largest absolute Gasteiger partial charge is 0.481 e. The van der Waals surface area contributed by atoms with Crippen LogP contribution in [-0.4, -0.2) is 70.6 Å². The smallest absolute Gasteiger partial charge is 0.308 e. The monoisotopic (exact) mass is 513 g/mol. The van der Waals surface area contributed by atoms with Gasteiger partial charge in [-0.1, -0.05) is 26.0 Å². The number of amides is 1. The van der Waals surface area contributed by atoms with Crippen molar-refractivity contribution in [2.75, 3.05) is 33.0 Å². The van der Waals surface area contributed by atoms with E-state index in [2.05, 4.69) is 0 Å². The van der Waals surface area contributed by atoms with Crippen molar-refractivity contribution in [3.8, 4) is 11.5 Å². The number of aromatic nitrogens is 1. The van der Waals surface area contributed by atoms with E-state index in [9.17, 15) is 19.5 Å². The van der Waals surface area contributed by atoms with Gasteiger partial charge in [0.15, 0.2) is 11.5 Å². The van der Waals surface area contributed by atoms with Crippen LogP contribution in [0.4, 0.5) is 0 Å². The van der Waals surface area contributed by atoms with Crippen LogP contribution in [0.2, 0.25) is 0 Å². The standard InChI is InChI=1S/C27H35N3O7/c1-3-11-30(37-14-4-2)25(32)17-29-16-20(19-8-9-22-23(15-19)36-18-35-22)26(27(33)34)21(29)10-13-28-12-6-5-7-24(28)31/h5-9,12,15,20-21,26H,3-4,10-11,13-14,16-18H2,1-2H3,(H,33,34)/t20-,21+,26-/m1/s1. The molecule has 2 aliphatic rings. The van der Waals surface area contributed by atoms with Crippen LogP contribution in [0.25, 0.3) is 0 Å². The fourth-order valence-corrected chi connectivity index (χ4v) is 5.17. The molecule has 200 valence electrons. The fraction of sp³-hybridized carbons (Fsp3) is 0.519. The maximum Gasteiger partial charge on any atom is 0.308 e. The average Bonchev–Trinajstić information content (AvgIpc) is 3.50. The van der Waals surface area contributed by atoms with Gasteiger partial charge in [0.2, 0.25) is 12.4 Å². The highest BCUT2D eigenvalue weighted by Gasteiger charge is 2.47. The molecule has 0 aliphatic carbocycles. The van der Waals surface area contributed by atoms with Gasteiger partial charge < -0.3 is 19.1 Å². The van der Waals surface area contributed by atoms with Gasteiger partial charge in [0.05, 0.1) is 19.1 Å². The minimum Gasteiger partial charge on any atom is -0.481 e. The third-order valence-corrected chi connectivity index (χ3v) is 6.92. The number of fused-ring (bicyclic) bond motifs is 1. The van der Waals surface area contributed by atoms with Gasteiger partial charge in [0.25, 0.3) is 5.91 Å². The van der Waals surface area contributed by atoms with Crippen molar-refractivity contribution in [2.45, 2.75) is 51.6 Å². The van der Waals surface area contributed by atoms with E-state index in [-0.39, 0.29) is 30.7 Å². The van der Waals surface area contributed by atoms with Crippen molar-refractivity contribution in [3.63, 3.8) is 0 Å². The van der Waals surface area contributed by atoms with Crippen LogP contribution in [0, 0.1) is 5.92 Å². The van der Waals surface area contributed by atoms with Gasteiger partial charge in [-0.25, -0.2) is 5.06 Å². The number of aryl methyl sites for hydroxylation is 1. The van der Waals surface area contributed by atoms with E-state index in [1.54, 1.807) is 29.0 Å². The predicted molar refractivity (Wildman–Crippen MR) is 135 cm³/mol. The molecular weight excluding hydrogens is 478 g/mol. The van der Waals surface area contributed by atoms with Crippen LogP contribution >= 0.6 is 0 Å². The van der Waals surface area contributed by atoms with E-state index in [1.165, 1.54) is 11.1 Å². The zero-order chi connectivity index (χ0) is 26.4. The Hall–Kier alpha value is -3.37. The number of benzene rings is 1. The highest BCUT2D eigenvalue weighted by Crippen LogP contribution is 2.42. The molecule has 3 atom stereocenters. The summed E-state index contributed by atoms with van der Waals surface area (Å²) in [4.78, 5) is 45.8. The summed E-state index contributed by atoms with van der Waals surface area (Å²) >= 11 is 0. The number of rotatable bonds is 12. The van der Waals surface area contributed by atoms with Gasteiger partial charge in [0.1, 0.15) is 0 Å². The first-order valence-electron chi connectivity index (χ1n) is 12.9. The number of hydrogen-bond acceptors (Lipinski definition) is 7. The van der Waals surface area contributed by atoms with E-state index in [0.29, 0.717) is 44.2 Å². The zero-order valence-electron chi connectivity index (χ0n) is 21.4. The van der Waals surface area contributed by atoms with Crippen LogP contribution in [0.5, 0.6) is 11.5 Å². The molecule has 10 heteroatoms. The summed E-state index contributed by atoms with van der Waals surface area (Å²) in [6, 6.07) is 9.96. The zero-order valence-corrected chi connectivity index (χ0v) is 21.4. The van der Waals surface area contributed by atoms with Crippen molar-refractivity contribution < 1.29 is 29.0 Å². The molecule has 0 radical (unpaired) electrons. The lowest BCUT2D eigenvalue weighted by Gasteiger charge is -2.29. The predicted octanol–water partition coefficient (Wildman–Crippen LogP) is 2.72. The molecule has 1 N–H and O–H groups in total. The summed E-state index contributed by atoms with van der Waals surface area (Å²) in [7, 11) is 0. The number of hydroxylamine groups is 2. The first kappa shape index (κ1) is 26.7. The molecule has 2 aliphatic heterocycles. The molecule has 2 aromatic rings. The normalized spacial score (nSPS) is 20.8. The van der Waals surface area contributed by atoms with Crippen molar-refractivity contribution in [2.24, 2.45) is 5.92 Å². The lowest BCUT2D eigenvalue weighted by Crippen LogP contribution is -2.45. The molecule has 4 rings (SSSR count). The molecule has 0 unspecified atom stereocenters. The third kappa shape index (κ3) is 6.14. The number of aliphatic carboxylic acids is 1. The third-order valence-electron chi connectivity index (χ3n) is 6.92. The lowest BCUT2D eigenvalue weighted by atomic mass is 9.84. The number of ether oxygens (including phenoxy) is 2. The highest BCUT2D eigenvalue weighted by atomic mass is 16.7. The molecular formula is C27H35N3O7. The second-order valence-electron chi connectivity index (χ2n) is 9.43. The van der Waals surface area contributed by atoms with Crippen LogP contribution in [0.3, 0.4) is 0 Å². The molecule has 10 nitrogen and oxygen atoms in total. The van der Waals surface area contributed by atoms with Gasteiger partial charge >= 0.3 is 5.97 Å². The summed E-state index contributed by atoms with van der Waals surface area (Å²) in [5.41, 5.74) is 0.672. The van der Waals surface area contributed by atoms with Crippen LogP contribution in [0.1, 0.15) is 44.6 Å². The maximum atomic E-state index is 13.3. The number of carbonyl (C=O) groups excluding carboxylic acids is 1. The maximum absolute atomic E-state index is 13.3. The van der Waals surface area contributed by atoms with Crippen molar-refractivity contribution in [1.29, 1.82) is 0 Å². The minimum absolute atomic E-state index is 0.0307. The van der Waals surface area contributed by atoms with Crippen molar-refractivity contribution in [3.05, 3.63) is 58.5 Å². The van der Waals surface area contributed by atoms with E-state index in [0.717, 1.165) is 18.4 Å². The topological polar surface area (TPSA) is 111 Å². The second-order valence-corrected chi connectivity index (χ2v) is 9.43. The Morgan fingerprint density at radius 3 is 2.68 bits per heavy atom. The summed E-state index contributed by atoms with van der Waals surface area (Å²) in [5.74, 6) is -1.06. The van der Waals surface area contributed by atoms with Gasteiger partial charge in [-0.2, -0.15) is 0 Å². The number of hydrogen-bond donors (Lipinski definition) is 1. The van der Waals surface area contributed by atoms with Crippen LogP contribution < -0.4 is 15.0 Å². The summed E-state index contributed by atoms with van der Waals surface area (Å²) in [5, 5.41) is 11.7. The highest BCUT2D eigenvalue weighted by molar-refractivity contribution is 5.78. The lowest BCUT2D eigenvalue weighted by molar-refractivity contribution is -0.188. The molecule has 0 saturated carbocycles. The summed E-state index contributed by atoms with van der Waals surface area (Å²) in [6.07, 6.45) is 3.62. The Labute approximate surface area is 216 Å². The van der Waals surface area contributed by atoms with Gasteiger partial charge in [-0.05, 0) is 43.0 Å². The number of carboxylic acid groups (broad SMARTS) is 1. The van der Waals surface area contributed by atoms with Gasteiger partial charge in [-0.3, -0.25) is 24.1 Å². The van der Waals surface area contributed by atoms with Crippen molar-refractivity contribution in [1.82, 2.24) is 14.5 Å². The first-order chi connectivity index (χ1) is 17.9. The Bertz CT molecular complexity index is 1150. The summed E-state index contributed by atoms with van der Waals surface area (Å²) in [6.45, 7) is 5.73. The molecule has 37 heavy (non-hydrogen) atoms. The van der Waals surface area contributed by atoms with Crippen molar-refractivity contribution >= 4 is 11.9 Å². The molecule has 1 amide bonds. The first-order valence-corrected chi connectivity index (χ1v) is 12.9. The summed E-state index contributed by atoms with van der Waals surface area (Å²) < 4.78 is 12.5. The average molecular weight is 514 g/mol. The molecule has 1 fully saturated rings. The molecule has 1 aromatic carbocycles. The Morgan fingerprint density at radius 2 is 1.95 bits per heavy atom. The number of pyridine rings is 1. The van der Waals surface area contributed by atoms with Gasteiger partial charge in [-0.15, -0.1) is 0 Å². The molecule has 3 heterocycles. The molecule has 0 spiro atoms. The van der Waals surface area contributed by atoms with Crippen LogP contribution in [0.15, 0.2) is 47.4 Å². The number of likely N-dealkylation sites (tertiary alicyclic amines) is 1. The Kier molecular flexibility index (Phi) is 8.83. The minimum atomic E-state index is -0.935. The molecule has 1 aromatic heterocycles. The number of carboxylic acids is 1. The van der Waals surface area contributed by atoms with E-state index >= 15 is 0 Å². The van der Waals surface area contributed by atoms with E-state index in [4.69, 9.17) is 14.3 Å². The quantitative estimate of drug-likeness (QED) is 0.432. The van der Waals surface area contributed by atoms with E-state index < -0.39 is 17.9 Å². The number of nitrogens with zero attached hydrogens (tertiary/aromatic N) is 3.